The molecule has 0 aliphatic carbocycles. The van der Waals surface area contributed by atoms with E-state index >= 15 is 0 Å². The van der Waals surface area contributed by atoms with Gasteiger partial charge in [0, 0.05) is 18.0 Å². The number of aromatic nitrogens is 1. The maximum absolute atomic E-state index is 12.1. The summed E-state index contributed by atoms with van der Waals surface area (Å²) >= 11 is 0. The van der Waals surface area contributed by atoms with Crippen molar-refractivity contribution in [1.29, 1.82) is 0 Å². The van der Waals surface area contributed by atoms with Gasteiger partial charge < -0.3 is 9.84 Å². The van der Waals surface area contributed by atoms with Gasteiger partial charge in [0.05, 0.1) is 18.3 Å². The van der Waals surface area contributed by atoms with E-state index in [1.165, 1.54) is 11.6 Å². The van der Waals surface area contributed by atoms with Crippen LogP contribution in [0.2, 0.25) is 0 Å². The Kier molecular flexibility index (Phi) is 5.00. The lowest BCUT2D eigenvalue weighted by Gasteiger charge is -2.14. The maximum Gasteiger partial charge on any atom is 0.273 e. The van der Waals surface area contributed by atoms with Gasteiger partial charge in [-0.05, 0) is 18.7 Å². The number of sulfone groups is 1. The Labute approximate surface area is 146 Å². The molecule has 2 heterocycles. The standard InChI is InChI=1S/C17H19N3O4S/c1-20(10-13-5-3-2-4-6-13)11-15-9-16(19-24-15)17(21)18-14-7-8-25(22,23)12-14/h2-9,14H,10-12H2,1H3,(H,18,21). The number of benzene rings is 1. The van der Waals surface area contributed by atoms with Gasteiger partial charge in [0.15, 0.2) is 21.3 Å². The summed E-state index contributed by atoms with van der Waals surface area (Å²) in [5, 5.41) is 7.50. The normalized spacial score (nSPS) is 18.6. The lowest BCUT2D eigenvalue weighted by molar-refractivity contribution is 0.0938. The van der Waals surface area contributed by atoms with Crippen molar-refractivity contribution in [3.05, 3.63) is 64.9 Å². The zero-order valence-corrected chi connectivity index (χ0v) is 14.6. The number of carbonyl (C=O) groups excluding carboxylic acids is 1. The zero-order valence-electron chi connectivity index (χ0n) is 13.8. The van der Waals surface area contributed by atoms with Gasteiger partial charge >= 0.3 is 0 Å². The van der Waals surface area contributed by atoms with Crippen LogP contribution in [0.4, 0.5) is 0 Å². The van der Waals surface area contributed by atoms with Crippen molar-refractivity contribution in [3.63, 3.8) is 0 Å². The summed E-state index contributed by atoms with van der Waals surface area (Å²) in [4.78, 5) is 14.2. The predicted molar refractivity (Wildman–Crippen MR) is 92.3 cm³/mol. The van der Waals surface area contributed by atoms with Gasteiger partial charge in [-0.2, -0.15) is 0 Å². The van der Waals surface area contributed by atoms with Gasteiger partial charge in [-0.25, -0.2) is 8.42 Å². The van der Waals surface area contributed by atoms with E-state index < -0.39 is 21.8 Å². The molecule has 3 rings (SSSR count). The topological polar surface area (TPSA) is 92.5 Å². The Balaban J connectivity index is 1.55. The molecule has 1 N–H and O–H groups in total. The fourth-order valence-corrected chi connectivity index (χ4v) is 3.85. The molecule has 0 radical (unpaired) electrons. The van der Waals surface area contributed by atoms with Crippen molar-refractivity contribution in [2.45, 2.75) is 19.1 Å². The molecule has 1 aliphatic heterocycles. The van der Waals surface area contributed by atoms with Crippen LogP contribution in [-0.2, 0) is 22.9 Å². The molecule has 0 bridgehead atoms. The van der Waals surface area contributed by atoms with E-state index in [2.05, 4.69) is 10.5 Å². The minimum absolute atomic E-state index is 0.122. The van der Waals surface area contributed by atoms with Crippen LogP contribution >= 0.6 is 0 Å². The minimum Gasteiger partial charge on any atom is -0.359 e. The van der Waals surface area contributed by atoms with Gasteiger partial charge in [-0.1, -0.05) is 35.5 Å². The molecular weight excluding hydrogens is 342 g/mol. The Morgan fingerprint density at radius 2 is 2.08 bits per heavy atom. The largest absolute Gasteiger partial charge is 0.359 e. The summed E-state index contributed by atoms with van der Waals surface area (Å²) in [6.07, 6.45) is 1.46. The third kappa shape index (κ3) is 4.77. The van der Waals surface area contributed by atoms with Crippen LogP contribution in [0.15, 0.2) is 52.4 Å². The number of hydrogen-bond donors (Lipinski definition) is 1. The highest BCUT2D eigenvalue weighted by atomic mass is 32.2. The van der Waals surface area contributed by atoms with Gasteiger partial charge in [-0.15, -0.1) is 0 Å². The Bertz CT molecular complexity index is 874. The number of amides is 1. The van der Waals surface area contributed by atoms with Gasteiger partial charge in [0.25, 0.3) is 5.91 Å². The Hall–Kier alpha value is -2.45. The number of hydrogen-bond acceptors (Lipinski definition) is 6. The van der Waals surface area contributed by atoms with Gasteiger partial charge in [-0.3, -0.25) is 9.69 Å². The van der Waals surface area contributed by atoms with E-state index in [1.807, 2.05) is 42.3 Å². The van der Waals surface area contributed by atoms with Crippen molar-refractivity contribution in [1.82, 2.24) is 15.4 Å². The van der Waals surface area contributed by atoms with E-state index in [-0.39, 0.29) is 11.4 Å². The third-order valence-electron chi connectivity index (χ3n) is 3.76. The van der Waals surface area contributed by atoms with Crippen LogP contribution < -0.4 is 5.32 Å². The second-order valence-electron chi connectivity index (χ2n) is 6.07. The van der Waals surface area contributed by atoms with Crippen LogP contribution in [0.25, 0.3) is 0 Å². The summed E-state index contributed by atoms with van der Waals surface area (Å²) in [7, 11) is -1.26. The molecule has 0 fully saturated rings. The van der Waals surface area contributed by atoms with Crippen LogP contribution in [0.1, 0.15) is 21.8 Å². The molecule has 1 aromatic carbocycles. The molecule has 1 amide bonds. The van der Waals surface area contributed by atoms with Gasteiger partial charge in [0.2, 0.25) is 0 Å². The fourth-order valence-electron chi connectivity index (χ4n) is 2.62. The SMILES string of the molecule is CN(Cc1ccccc1)Cc1cc(C(=O)NC2C=CS(=O)(=O)C2)no1. The summed E-state index contributed by atoms with van der Waals surface area (Å²) in [6, 6.07) is 11.1. The van der Waals surface area contributed by atoms with Crippen molar-refractivity contribution >= 4 is 15.7 Å². The van der Waals surface area contributed by atoms with Crippen molar-refractivity contribution in [2.24, 2.45) is 0 Å². The maximum atomic E-state index is 12.1. The van der Waals surface area contributed by atoms with E-state index in [0.29, 0.717) is 12.3 Å². The van der Waals surface area contributed by atoms with Crippen LogP contribution in [0.5, 0.6) is 0 Å². The third-order valence-corrected chi connectivity index (χ3v) is 5.15. The molecule has 7 nitrogen and oxygen atoms in total. The first kappa shape index (κ1) is 17.4. The monoisotopic (exact) mass is 361 g/mol. The lowest BCUT2D eigenvalue weighted by atomic mass is 10.2. The highest BCUT2D eigenvalue weighted by molar-refractivity contribution is 7.94. The first-order chi connectivity index (χ1) is 11.9. The quantitative estimate of drug-likeness (QED) is 0.835. The number of nitrogens with one attached hydrogen (secondary N) is 1. The van der Waals surface area contributed by atoms with E-state index in [4.69, 9.17) is 4.52 Å². The van der Waals surface area contributed by atoms with E-state index in [9.17, 15) is 13.2 Å². The average Bonchev–Trinajstić information content (AvgIpc) is 3.14. The van der Waals surface area contributed by atoms with Crippen LogP contribution in [0, 0.1) is 0 Å². The molecule has 132 valence electrons. The number of nitrogens with zero attached hydrogens (tertiary/aromatic N) is 2. The Morgan fingerprint density at radius 1 is 1.32 bits per heavy atom. The molecule has 0 spiro atoms. The number of rotatable bonds is 6. The first-order valence-electron chi connectivity index (χ1n) is 7.81. The molecule has 25 heavy (non-hydrogen) atoms. The fraction of sp³-hybridized carbons (Fsp3) is 0.294. The zero-order chi connectivity index (χ0) is 17.9. The predicted octanol–water partition coefficient (Wildman–Crippen LogP) is 1.35. The summed E-state index contributed by atoms with van der Waals surface area (Å²) < 4.78 is 27.9. The number of carbonyl (C=O) groups is 1. The van der Waals surface area contributed by atoms with Crippen molar-refractivity contribution in [2.75, 3.05) is 12.8 Å². The lowest BCUT2D eigenvalue weighted by Crippen LogP contribution is -2.35. The van der Waals surface area contributed by atoms with E-state index in [1.54, 1.807) is 6.07 Å². The highest BCUT2D eigenvalue weighted by Gasteiger charge is 2.24. The molecule has 1 unspecified atom stereocenters. The Morgan fingerprint density at radius 3 is 2.76 bits per heavy atom. The molecule has 1 aromatic heterocycles. The van der Waals surface area contributed by atoms with Crippen LogP contribution in [0.3, 0.4) is 0 Å². The average molecular weight is 361 g/mol. The van der Waals surface area contributed by atoms with Crippen molar-refractivity contribution in [3.8, 4) is 0 Å². The minimum atomic E-state index is -3.21. The molecule has 1 atom stereocenters. The molecular formula is C17H19N3O4S. The molecule has 1 aliphatic rings. The second kappa shape index (κ2) is 7.20. The second-order valence-corrected chi connectivity index (χ2v) is 8.01. The van der Waals surface area contributed by atoms with Crippen molar-refractivity contribution < 1.29 is 17.7 Å². The van der Waals surface area contributed by atoms with Crippen LogP contribution in [-0.4, -0.2) is 43.2 Å². The summed E-state index contributed by atoms with van der Waals surface area (Å²) in [6.45, 7) is 1.25. The smallest absolute Gasteiger partial charge is 0.273 e. The summed E-state index contributed by atoms with van der Waals surface area (Å²) in [5.74, 6) is -0.00544. The molecule has 8 heteroatoms. The first-order valence-corrected chi connectivity index (χ1v) is 9.53. The van der Waals surface area contributed by atoms with E-state index in [0.717, 1.165) is 12.0 Å². The van der Waals surface area contributed by atoms with Gasteiger partial charge in [0.1, 0.15) is 0 Å². The molecule has 0 saturated heterocycles. The highest BCUT2D eigenvalue weighted by Crippen LogP contribution is 2.12. The summed E-state index contributed by atoms with van der Waals surface area (Å²) in [5.41, 5.74) is 1.32. The molecule has 0 saturated carbocycles. The molecule has 2 aromatic rings.